The minimum absolute atomic E-state index is 0.199. The second-order valence-corrected chi connectivity index (χ2v) is 7.32. The molecule has 2 N–H and O–H groups in total. The molecule has 0 aliphatic carbocycles. The molecular formula is C20H19N3O3S. The van der Waals surface area contributed by atoms with Gasteiger partial charge in [0.2, 0.25) is 6.79 Å². The van der Waals surface area contributed by atoms with Crippen molar-refractivity contribution in [2.24, 2.45) is 0 Å². The summed E-state index contributed by atoms with van der Waals surface area (Å²) < 4.78 is 10.6. The normalized spacial score (nSPS) is 12.3. The lowest BCUT2D eigenvalue weighted by molar-refractivity contribution is 0.174. The Balaban J connectivity index is 1.40. The van der Waals surface area contributed by atoms with Crippen molar-refractivity contribution in [2.75, 3.05) is 17.4 Å². The van der Waals surface area contributed by atoms with Gasteiger partial charge in [-0.15, -0.1) is 11.3 Å². The number of nitrogens with zero attached hydrogens (tertiary/aromatic N) is 1. The summed E-state index contributed by atoms with van der Waals surface area (Å²) in [5.41, 5.74) is 3.78. The molecule has 0 saturated carbocycles. The third-order valence-corrected chi connectivity index (χ3v) is 4.99. The fourth-order valence-electron chi connectivity index (χ4n) is 2.74. The summed E-state index contributed by atoms with van der Waals surface area (Å²) in [6.07, 6.45) is 0. The molecule has 4 rings (SSSR count). The smallest absolute Gasteiger partial charge is 0.325 e. The van der Waals surface area contributed by atoms with Gasteiger partial charge in [-0.05, 0) is 23.6 Å². The first kappa shape index (κ1) is 17.4. The fourth-order valence-corrected chi connectivity index (χ4v) is 3.45. The van der Waals surface area contributed by atoms with Gasteiger partial charge in [-0.2, -0.15) is 0 Å². The van der Waals surface area contributed by atoms with Gasteiger partial charge in [0.1, 0.15) is 0 Å². The molecule has 6 nitrogen and oxygen atoms in total. The molecule has 1 aliphatic rings. The standard InChI is InChI=1S/C20H19N3O3S/c1-12(2)13-3-5-14(6-4-13)16-10-27-20(22-16)23-19(24)21-15-7-8-17-18(9-15)26-11-25-17/h3-10,12H,11H2,1-2H3,(H2,21,22,23,24). The van der Waals surface area contributed by atoms with Crippen LogP contribution in [-0.4, -0.2) is 17.8 Å². The van der Waals surface area contributed by atoms with Crippen LogP contribution in [0.25, 0.3) is 11.3 Å². The number of ether oxygens (including phenoxy) is 2. The quantitative estimate of drug-likeness (QED) is 0.643. The number of benzene rings is 2. The summed E-state index contributed by atoms with van der Waals surface area (Å²) in [6.45, 7) is 4.53. The molecule has 27 heavy (non-hydrogen) atoms. The van der Waals surface area contributed by atoms with Crippen molar-refractivity contribution in [2.45, 2.75) is 19.8 Å². The Labute approximate surface area is 161 Å². The molecule has 2 aromatic carbocycles. The number of hydrogen-bond acceptors (Lipinski definition) is 5. The first-order chi connectivity index (χ1) is 13.1. The van der Waals surface area contributed by atoms with Crippen molar-refractivity contribution < 1.29 is 14.3 Å². The van der Waals surface area contributed by atoms with Gasteiger partial charge in [0.25, 0.3) is 0 Å². The predicted molar refractivity (Wildman–Crippen MR) is 107 cm³/mol. The number of fused-ring (bicyclic) bond motifs is 1. The van der Waals surface area contributed by atoms with E-state index in [1.807, 2.05) is 5.38 Å². The molecule has 0 radical (unpaired) electrons. The zero-order chi connectivity index (χ0) is 18.8. The highest BCUT2D eigenvalue weighted by Gasteiger charge is 2.14. The van der Waals surface area contributed by atoms with Crippen molar-refractivity contribution in [3.05, 3.63) is 53.4 Å². The first-order valence-electron chi connectivity index (χ1n) is 8.62. The SMILES string of the molecule is CC(C)c1ccc(-c2csc(NC(=O)Nc3ccc4c(c3)OCO4)n2)cc1. The lowest BCUT2D eigenvalue weighted by atomic mass is 10.0. The molecular weight excluding hydrogens is 362 g/mol. The van der Waals surface area contributed by atoms with Crippen LogP contribution in [0.2, 0.25) is 0 Å². The molecule has 0 unspecified atom stereocenters. The highest BCUT2D eigenvalue weighted by Crippen LogP contribution is 2.34. The maximum Gasteiger partial charge on any atom is 0.325 e. The minimum Gasteiger partial charge on any atom is -0.454 e. The van der Waals surface area contributed by atoms with Crippen LogP contribution in [0.4, 0.5) is 15.6 Å². The predicted octanol–water partition coefficient (Wildman–Crippen LogP) is 5.31. The van der Waals surface area contributed by atoms with Gasteiger partial charge >= 0.3 is 6.03 Å². The Morgan fingerprint density at radius 1 is 1.07 bits per heavy atom. The Kier molecular flexibility index (Phi) is 4.68. The van der Waals surface area contributed by atoms with Gasteiger partial charge in [-0.1, -0.05) is 38.1 Å². The van der Waals surface area contributed by atoms with E-state index in [1.165, 1.54) is 16.9 Å². The molecule has 0 spiro atoms. The maximum absolute atomic E-state index is 12.2. The van der Waals surface area contributed by atoms with E-state index in [2.05, 4.69) is 53.7 Å². The molecule has 0 atom stereocenters. The highest BCUT2D eigenvalue weighted by atomic mass is 32.1. The van der Waals surface area contributed by atoms with E-state index in [0.29, 0.717) is 28.2 Å². The van der Waals surface area contributed by atoms with Gasteiger partial charge < -0.3 is 14.8 Å². The molecule has 138 valence electrons. The minimum atomic E-state index is -0.357. The number of hydrogen-bond donors (Lipinski definition) is 2. The Morgan fingerprint density at radius 3 is 2.63 bits per heavy atom. The lowest BCUT2D eigenvalue weighted by Crippen LogP contribution is -2.19. The average molecular weight is 381 g/mol. The zero-order valence-corrected chi connectivity index (χ0v) is 15.8. The van der Waals surface area contributed by atoms with Crippen molar-refractivity contribution in [1.82, 2.24) is 4.98 Å². The lowest BCUT2D eigenvalue weighted by Gasteiger charge is -2.06. The summed E-state index contributed by atoms with van der Waals surface area (Å²) in [7, 11) is 0. The van der Waals surface area contributed by atoms with Gasteiger partial charge in [-0.3, -0.25) is 5.32 Å². The summed E-state index contributed by atoms with van der Waals surface area (Å²) in [4.78, 5) is 16.7. The topological polar surface area (TPSA) is 72.5 Å². The number of carbonyl (C=O) groups is 1. The second kappa shape index (κ2) is 7.28. The van der Waals surface area contributed by atoms with E-state index in [0.717, 1.165) is 11.3 Å². The molecule has 0 bridgehead atoms. The van der Waals surface area contributed by atoms with Gasteiger partial charge in [0.15, 0.2) is 16.6 Å². The van der Waals surface area contributed by atoms with Crippen LogP contribution >= 0.6 is 11.3 Å². The first-order valence-corrected chi connectivity index (χ1v) is 9.50. The number of urea groups is 1. The zero-order valence-electron chi connectivity index (χ0n) is 15.0. The summed E-state index contributed by atoms with van der Waals surface area (Å²) in [5, 5.41) is 8.00. The van der Waals surface area contributed by atoms with Crippen molar-refractivity contribution in [3.63, 3.8) is 0 Å². The number of thiazole rings is 1. The van der Waals surface area contributed by atoms with E-state index < -0.39 is 0 Å². The third kappa shape index (κ3) is 3.88. The Bertz CT molecular complexity index is 967. The third-order valence-electron chi connectivity index (χ3n) is 4.23. The molecule has 1 aliphatic heterocycles. The van der Waals surface area contributed by atoms with Crippen LogP contribution < -0.4 is 20.1 Å². The van der Waals surface area contributed by atoms with Crippen LogP contribution in [0.3, 0.4) is 0 Å². The van der Waals surface area contributed by atoms with Gasteiger partial charge in [0, 0.05) is 22.7 Å². The molecule has 1 aromatic heterocycles. The number of nitrogens with one attached hydrogen (secondary N) is 2. The van der Waals surface area contributed by atoms with Crippen LogP contribution in [0.15, 0.2) is 47.8 Å². The van der Waals surface area contributed by atoms with Gasteiger partial charge in [0.05, 0.1) is 5.69 Å². The molecule has 2 heterocycles. The van der Waals surface area contributed by atoms with Crippen LogP contribution in [-0.2, 0) is 0 Å². The van der Waals surface area contributed by atoms with Crippen LogP contribution in [0.5, 0.6) is 11.5 Å². The number of amides is 2. The van der Waals surface area contributed by atoms with Crippen LogP contribution in [0, 0.1) is 0 Å². The monoisotopic (exact) mass is 381 g/mol. The number of carbonyl (C=O) groups excluding carboxylic acids is 1. The molecule has 3 aromatic rings. The summed E-state index contributed by atoms with van der Waals surface area (Å²) in [5.74, 6) is 1.79. The summed E-state index contributed by atoms with van der Waals surface area (Å²) >= 11 is 1.39. The Morgan fingerprint density at radius 2 is 1.85 bits per heavy atom. The van der Waals surface area contributed by atoms with E-state index in [4.69, 9.17) is 9.47 Å². The highest BCUT2D eigenvalue weighted by molar-refractivity contribution is 7.14. The van der Waals surface area contributed by atoms with E-state index in [9.17, 15) is 4.79 Å². The van der Waals surface area contributed by atoms with E-state index >= 15 is 0 Å². The molecule has 7 heteroatoms. The van der Waals surface area contributed by atoms with Crippen LogP contribution in [0.1, 0.15) is 25.3 Å². The molecule has 2 amide bonds. The molecule has 0 saturated heterocycles. The van der Waals surface area contributed by atoms with Crippen molar-refractivity contribution in [3.8, 4) is 22.8 Å². The van der Waals surface area contributed by atoms with Crippen molar-refractivity contribution in [1.29, 1.82) is 0 Å². The largest absolute Gasteiger partial charge is 0.454 e. The van der Waals surface area contributed by atoms with Crippen molar-refractivity contribution >= 4 is 28.2 Å². The van der Waals surface area contributed by atoms with Gasteiger partial charge in [-0.25, -0.2) is 9.78 Å². The number of anilines is 2. The molecule has 0 fully saturated rings. The summed E-state index contributed by atoms with van der Waals surface area (Å²) in [6, 6.07) is 13.2. The maximum atomic E-state index is 12.2. The average Bonchev–Trinajstić information content (AvgIpc) is 3.30. The second-order valence-electron chi connectivity index (χ2n) is 6.46. The number of rotatable bonds is 4. The van der Waals surface area contributed by atoms with E-state index in [-0.39, 0.29) is 12.8 Å². The Hall–Kier alpha value is -3.06. The fraction of sp³-hybridized carbons (Fsp3) is 0.200. The van der Waals surface area contributed by atoms with E-state index in [1.54, 1.807) is 18.2 Å². The number of aromatic nitrogens is 1.